The predicted molar refractivity (Wildman–Crippen MR) is 146 cm³/mol. The minimum Gasteiger partial charge on any atom is -0.395 e. The highest BCUT2D eigenvalue weighted by Gasteiger charge is 2.27. The summed E-state index contributed by atoms with van der Waals surface area (Å²) in [5.74, 6) is -0.364. The van der Waals surface area contributed by atoms with Gasteiger partial charge in [0.15, 0.2) is 5.78 Å². The van der Waals surface area contributed by atoms with Crippen LogP contribution in [0, 0.1) is 5.41 Å². The van der Waals surface area contributed by atoms with Gasteiger partial charge in [-0.3, -0.25) is 19.1 Å². The van der Waals surface area contributed by atoms with Gasteiger partial charge in [0.05, 0.1) is 24.4 Å². The maximum Gasteiger partial charge on any atom is 0.347 e. The highest BCUT2D eigenvalue weighted by atomic mass is 16.3. The van der Waals surface area contributed by atoms with E-state index in [9.17, 15) is 19.5 Å². The zero-order valence-corrected chi connectivity index (χ0v) is 21.3. The number of carbonyl (C=O) groups is 2. The fourth-order valence-electron chi connectivity index (χ4n) is 3.73. The van der Waals surface area contributed by atoms with E-state index in [1.807, 2.05) is 6.07 Å². The van der Waals surface area contributed by atoms with E-state index in [0.29, 0.717) is 28.0 Å². The first-order chi connectivity index (χ1) is 18.2. The molecular formula is C28H28N6O4. The van der Waals surface area contributed by atoms with Crippen LogP contribution in [0.25, 0.3) is 22.3 Å². The fourth-order valence-corrected chi connectivity index (χ4v) is 3.73. The molecule has 4 aromatic rings. The van der Waals surface area contributed by atoms with E-state index >= 15 is 0 Å². The number of urea groups is 1. The van der Waals surface area contributed by atoms with E-state index < -0.39 is 22.5 Å². The number of benzene rings is 2. The number of aliphatic hydroxyl groups excluding tert-OH is 1. The summed E-state index contributed by atoms with van der Waals surface area (Å²) in [6.45, 7) is 2.46. The van der Waals surface area contributed by atoms with E-state index in [-0.39, 0.29) is 18.9 Å². The number of carbonyl (C=O) groups excluding carboxylic acids is 2. The fraction of sp³-hybridized carbons (Fsp3) is 0.214. The molecule has 0 aliphatic heterocycles. The Kier molecular flexibility index (Phi) is 7.73. The number of amides is 2. The summed E-state index contributed by atoms with van der Waals surface area (Å²) in [6.07, 6.45) is 1.59. The zero-order chi connectivity index (χ0) is 27.3. The lowest BCUT2D eigenvalue weighted by Crippen LogP contribution is -2.40. The first kappa shape index (κ1) is 26.4. The first-order valence-electron chi connectivity index (χ1n) is 12.0. The SMILES string of the molecule is CNc1cccc(NC(=O)/N=c2\nc(-c3ccccn3)c3ccccc3n(CC(=O)C(C)(C)CO)c2=O)c1. The maximum absolute atomic E-state index is 13.8. The van der Waals surface area contributed by atoms with Crippen LogP contribution in [-0.2, 0) is 11.3 Å². The second-order valence-electron chi connectivity index (χ2n) is 9.25. The van der Waals surface area contributed by atoms with E-state index in [2.05, 4.69) is 25.6 Å². The lowest BCUT2D eigenvalue weighted by atomic mass is 9.89. The lowest BCUT2D eigenvalue weighted by Gasteiger charge is -2.20. The number of rotatable bonds is 7. The average Bonchev–Trinajstić information content (AvgIpc) is 3.04. The molecule has 38 heavy (non-hydrogen) atoms. The number of para-hydroxylation sites is 1. The number of hydrogen-bond donors (Lipinski definition) is 3. The van der Waals surface area contributed by atoms with Crippen molar-refractivity contribution in [2.24, 2.45) is 10.4 Å². The number of ketones is 1. The summed E-state index contributed by atoms with van der Waals surface area (Å²) in [5.41, 5.74) is 0.240. The van der Waals surface area contributed by atoms with Crippen LogP contribution in [0.15, 0.2) is 82.7 Å². The molecule has 4 rings (SSSR count). The van der Waals surface area contributed by atoms with E-state index in [1.165, 1.54) is 4.57 Å². The number of aliphatic hydroxyl groups is 1. The minimum atomic E-state index is -1.08. The Morgan fingerprint density at radius 1 is 1.03 bits per heavy atom. The highest BCUT2D eigenvalue weighted by molar-refractivity contribution is 5.93. The Labute approximate surface area is 218 Å². The molecule has 0 unspecified atom stereocenters. The normalized spacial score (nSPS) is 11.8. The predicted octanol–water partition coefficient (Wildman–Crippen LogP) is 3.22. The third-order valence-corrected chi connectivity index (χ3v) is 6.07. The molecule has 0 atom stereocenters. The second kappa shape index (κ2) is 11.1. The molecule has 2 amide bonds. The van der Waals surface area contributed by atoms with Crippen LogP contribution in [0.5, 0.6) is 0 Å². The molecular weight excluding hydrogens is 484 g/mol. The van der Waals surface area contributed by atoms with Crippen LogP contribution in [0.4, 0.5) is 16.2 Å². The van der Waals surface area contributed by atoms with E-state index in [1.54, 1.807) is 87.8 Å². The smallest absolute Gasteiger partial charge is 0.347 e. The Balaban J connectivity index is 1.97. The number of nitrogens with zero attached hydrogens (tertiary/aromatic N) is 4. The van der Waals surface area contributed by atoms with Gasteiger partial charge < -0.3 is 15.7 Å². The van der Waals surface area contributed by atoms with Crippen molar-refractivity contribution in [2.45, 2.75) is 20.4 Å². The standard InChI is InChI=1S/C28H28N6O4/c1-28(2,17-35)23(36)16-34-22-13-5-4-11-20(22)24(21-12-6-7-14-30-21)32-25(26(34)37)33-27(38)31-19-10-8-9-18(15-19)29-3/h4-15,29,35H,16-17H2,1-3H3,(H,31,38)/b33-25-. The van der Waals surface area contributed by atoms with Crippen molar-refractivity contribution in [1.82, 2.24) is 14.5 Å². The van der Waals surface area contributed by atoms with Crippen LogP contribution < -0.4 is 21.7 Å². The number of hydrogen-bond acceptors (Lipinski definition) is 7. The van der Waals surface area contributed by atoms with Gasteiger partial charge >= 0.3 is 6.03 Å². The molecule has 10 heteroatoms. The molecule has 0 saturated carbocycles. The number of anilines is 2. The topological polar surface area (TPSA) is 139 Å². The van der Waals surface area contributed by atoms with Crippen LogP contribution in [-0.4, -0.2) is 45.1 Å². The van der Waals surface area contributed by atoms with Crippen LogP contribution >= 0.6 is 0 Å². The molecule has 0 fully saturated rings. The number of Topliss-reactive ketones (excluding diaryl/α,β-unsaturated/α-hetero) is 1. The summed E-state index contributed by atoms with van der Waals surface area (Å²) in [5, 5.41) is 15.9. The Bertz CT molecular complexity index is 1630. The number of nitrogens with one attached hydrogen (secondary N) is 2. The third-order valence-electron chi connectivity index (χ3n) is 6.07. The van der Waals surface area contributed by atoms with Gasteiger partial charge in [-0.1, -0.05) is 44.2 Å². The minimum absolute atomic E-state index is 0.328. The Morgan fingerprint density at radius 3 is 2.47 bits per heavy atom. The van der Waals surface area contributed by atoms with Gasteiger partial charge in [0, 0.05) is 35.4 Å². The van der Waals surface area contributed by atoms with E-state index in [4.69, 9.17) is 0 Å². The number of pyridine rings is 1. The second-order valence-corrected chi connectivity index (χ2v) is 9.25. The van der Waals surface area contributed by atoms with Gasteiger partial charge in [0.1, 0.15) is 5.69 Å². The molecule has 0 saturated heterocycles. The molecule has 3 N–H and O–H groups in total. The van der Waals surface area contributed by atoms with Crippen molar-refractivity contribution in [3.63, 3.8) is 0 Å². The molecule has 194 valence electrons. The maximum atomic E-state index is 13.8. The Hall–Kier alpha value is -4.70. The van der Waals surface area contributed by atoms with Crippen LogP contribution in [0.1, 0.15) is 13.8 Å². The molecule has 2 heterocycles. The monoisotopic (exact) mass is 512 g/mol. The number of fused-ring (bicyclic) bond motifs is 1. The van der Waals surface area contributed by atoms with Crippen molar-refractivity contribution < 1.29 is 14.7 Å². The summed E-state index contributed by atoms with van der Waals surface area (Å²) in [4.78, 5) is 52.7. The average molecular weight is 513 g/mol. The van der Waals surface area contributed by atoms with Gasteiger partial charge in [0.25, 0.3) is 5.56 Å². The van der Waals surface area contributed by atoms with Crippen molar-refractivity contribution in [1.29, 1.82) is 0 Å². The van der Waals surface area contributed by atoms with Crippen molar-refractivity contribution in [3.8, 4) is 11.4 Å². The molecule has 2 aromatic heterocycles. The quantitative estimate of drug-likeness (QED) is 0.346. The molecule has 0 bridgehead atoms. The Morgan fingerprint density at radius 2 is 1.76 bits per heavy atom. The summed E-state index contributed by atoms with van der Waals surface area (Å²) in [6, 6.07) is 18.4. The summed E-state index contributed by atoms with van der Waals surface area (Å²) in [7, 11) is 1.75. The molecule has 2 aromatic carbocycles. The van der Waals surface area contributed by atoms with Crippen LogP contribution in [0.2, 0.25) is 0 Å². The summed E-state index contributed by atoms with van der Waals surface area (Å²) >= 11 is 0. The molecule has 0 spiro atoms. The van der Waals surface area contributed by atoms with Gasteiger partial charge in [-0.2, -0.15) is 4.99 Å². The summed E-state index contributed by atoms with van der Waals surface area (Å²) < 4.78 is 1.24. The lowest BCUT2D eigenvalue weighted by molar-refractivity contribution is -0.129. The van der Waals surface area contributed by atoms with Gasteiger partial charge in [-0.15, -0.1) is 0 Å². The van der Waals surface area contributed by atoms with Crippen molar-refractivity contribution in [3.05, 3.63) is 88.8 Å². The van der Waals surface area contributed by atoms with Crippen LogP contribution in [0.3, 0.4) is 0 Å². The molecule has 0 aliphatic carbocycles. The molecule has 0 radical (unpaired) electrons. The molecule has 10 nitrogen and oxygen atoms in total. The van der Waals surface area contributed by atoms with Gasteiger partial charge in [-0.05, 0) is 36.4 Å². The zero-order valence-electron chi connectivity index (χ0n) is 21.3. The first-order valence-corrected chi connectivity index (χ1v) is 12.0. The van der Waals surface area contributed by atoms with Crippen molar-refractivity contribution in [2.75, 3.05) is 24.3 Å². The van der Waals surface area contributed by atoms with Gasteiger partial charge in [0.2, 0.25) is 5.49 Å². The molecule has 0 aliphatic rings. The number of aromatic nitrogens is 3. The largest absolute Gasteiger partial charge is 0.395 e. The third kappa shape index (κ3) is 5.65. The van der Waals surface area contributed by atoms with E-state index in [0.717, 1.165) is 5.69 Å². The van der Waals surface area contributed by atoms with Crippen molar-refractivity contribution >= 4 is 34.1 Å². The van der Waals surface area contributed by atoms with Gasteiger partial charge in [-0.25, -0.2) is 9.78 Å². The highest BCUT2D eigenvalue weighted by Crippen LogP contribution is 2.24.